The Morgan fingerprint density at radius 1 is 0.743 bits per heavy atom. The largest absolute Gasteiger partial charge is 0.360 e. The summed E-state index contributed by atoms with van der Waals surface area (Å²) in [6.45, 7) is 0. The number of nitrogens with zero attached hydrogens (tertiary/aromatic N) is 2. The predicted octanol–water partition coefficient (Wildman–Crippen LogP) is 7.83. The maximum atomic E-state index is 5.28. The van der Waals surface area contributed by atoms with Crippen LogP contribution in [0.2, 0.25) is 0 Å². The number of nitrogens with one attached hydrogen (secondary N) is 1. The van der Waals surface area contributed by atoms with Gasteiger partial charge in [-0.05, 0) is 42.3 Å². The molecule has 0 saturated heterocycles. The van der Waals surface area contributed by atoms with Crippen LogP contribution >= 0.6 is 0 Å². The van der Waals surface area contributed by atoms with Crippen LogP contribution in [0.5, 0.6) is 0 Å². The Labute approximate surface area is 204 Å². The van der Waals surface area contributed by atoms with Crippen molar-refractivity contribution in [2.75, 3.05) is 5.32 Å². The van der Waals surface area contributed by atoms with Gasteiger partial charge in [-0.15, -0.1) is 0 Å². The zero-order chi connectivity index (χ0) is 23.2. The van der Waals surface area contributed by atoms with Crippen LogP contribution in [-0.4, -0.2) is 10.3 Å². The lowest BCUT2D eigenvalue weighted by Crippen LogP contribution is -2.25. The summed E-state index contributed by atoms with van der Waals surface area (Å²) in [4.78, 5) is 5.28. The highest BCUT2D eigenvalue weighted by Crippen LogP contribution is 2.36. The van der Waals surface area contributed by atoms with Crippen molar-refractivity contribution >= 4 is 33.2 Å². The first kappa shape index (κ1) is 20.0. The van der Waals surface area contributed by atoms with Gasteiger partial charge in [0.05, 0.1) is 16.7 Å². The van der Waals surface area contributed by atoms with Crippen LogP contribution in [0.25, 0.3) is 27.5 Å². The van der Waals surface area contributed by atoms with Crippen LogP contribution < -0.4 is 5.32 Å². The van der Waals surface area contributed by atoms with E-state index in [0.29, 0.717) is 5.92 Å². The van der Waals surface area contributed by atoms with Gasteiger partial charge in [-0.1, -0.05) is 91.0 Å². The molecule has 3 heteroatoms. The molecule has 1 aliphatic carbocycles. The number of benzene rings is 4. The molecule has 0 saturated carbocycles. The summed E-state index contributed by atoms with van der Waals surface area (Å²) < 4.78 is 2.37. The first-order chi connectivity index (χ1) is 17.4. The van der Waals surface area contributed by atoms with E-state index < -0.39 is 0 Å². The molecular formula is C32H25N3. The fourth-order valence-electron chi connectivity index (χ4n) is 5.49. The Morgan fingerprint density at radius 2 is 1.49 bits per heavy atom. The van der Waals surface area contributed by atoms with Gasteiger partial charge in [-0.2, -0.15) is 0 Å². The number of fused-ring (bicyclic) bond motifs is 4. The van der Waals surface area contributed by atoms with Gasteiger partial charge in [0.15, 0.2) is 0 Å². The zero-order valence-electron chi connectivity index (χ0n) is 19.3. The molecule has 2 aliphatic rings. The molecule has 0 amide bonds. The van der Waals surface area contributed by atoms with Gasteiger partial charge in [0.2, 0.25) is 0 Å². The van der Waals surface area contributed by atoms with Crippen molar-refractivity contribution in [3.63, 3.8) is 0 Å². The summed E-state index contributed by atoms with van der Waals surface area (Å²) in [5.41, 5.74) is 8.25. The Morgan fingerprint density at radius 3 is 2.26 bits per heavy atom. The number of hydrogen-bond donors (Lipinski definition) is 1. The van der Waals surface area contributed by atoms with Gasteiger partial charge >= 0.3 is 0 Å². The lowest BCUT2D eigenvalue weighted by atomic mass is 9.88. The van der Waals surface area contributed by atoms with Crippen LogP contribution in [0.4, 0.5) is 5.69 Å². The predicted molar refractivity (Wildman–Crippen MR) is 147 cm³/mol. The zero-order valence-corrected chi connectivity index (χ0v) is 19.3. The Balaban J connectivity index is 1.37. The van der Waals surface area contributed by atoms with Crippen molar-refractivity contribution in [1.82, 2.24) is 4.57 Å². The standard InChI is InChI=1S/C32H25N3/c1-2-11-22(12-3-1)31-27-17-4-7-18-28(27)33-32(34-31)23-13-10-14-24(21-23)35-29-19-8-5-15-25(29)26-16-6-9-20-30(26)35/h1-11,13-22,32-33H,12H2/t22-,32?/m0/s1. The smallest absolute Gasteiger partial charge is 0.145 e. The maximum Gasteiger partial charge on any atom is 0.145 e. The van der Waals surface area contributed by atoms with E-state index in [2.05, 4.69) is 131 Å². The molecule has 3 nitrogen and oxygen atoms in total. The first-order valence-electron chi connectivity index (χ1n) is 12.2. The summed E-state index contributed by atoms with van der Waals surface area (Å²) in [5.74, 6) is 0.297. The highest BCUT2D eigenvalue weighted by Gasteiger charge is 2.26. The van der Waals surface area contributed by atoms with Gasteiger partial charge in [0, 0.05) is 33.6 Å². The van der Waals surface area contributed by atoms with Gasteiger partial charge in [-0.3, -0.25) is 4.99 Å². The second-order valence-electron chi connectivity index (χ2n) is 9.23. The molecule has 0 fully saturated rings. The van der Waals surface area contributed by atoms with Gasteiger partial charge in [0.25, 0.3) is 0 Å². The van der Waals surface area contributed by atoms with E-state index >= 15 is 0 Å². The Hall–Kier alpha value is -4.37. The Kier molecular flexibility index (Phi) is 4.66. The highest BCUT2D eigenvalue weighted by molar-refractivity contribution is 6.10. The number of para-hydroxylation sites is 3. The van der Waals surface area contributed by atoms with E-state index in [4.69, 9.17) is 4.99 Å². The molecule has 0 spiro atoms. The van der Waals surface area contributed by atoms with E-state index in [9.17, 15) is 0 Å². The van der Waals surface area contributed by atoms with Crippen LogP contribution in [0.3, 0.4) is 0 Å². The number of allylic oxidation sites excluding steroid dienone is 4. The third-order valence-electron chi connectivity index (χ3n) is 7.12. The summed E-state index contributed by atoms with van der Waals surface area (Å²) in [6.07, 6.45) is 9.61. The third kappa shape index (κ3) is 3.31. The van der Waals surface area contributed by atoms with E-state index in [-0.39, 0.29) is 6.17 Å². The van der Waals surface area contributed by atoms with Crippen molar-refractivity contribution in [3.8, 4) is 5.69 Å². The minimum Gasteiger partial charge on any atom is -0.360 e. The lowest BCUT2D eigenvalue weighted by molar-refractivity contribution is 0.783. The molecule has 7 rings (SSSR count). The molecule has 2 atom stereocenters. The average molecular weight is 452 g/mol. The molecule has 1 unspecified atom stereocenters. The molecule has 2 heterocycles. The van der Waals surface area contributed by atoms with Crippen LogP contribution in [0.1, 0.15) is 23.7 Å². The highest BCUT2D eigenvalue weighted by atomic mass is 15.1. The normalized spacial score (nSPS) is 18.9. The maximum absolute atomic E-state index is 5.28. The van der Waals surface area contributed by atoms with Crippen molar-refractivity contribution in [2.45, 2.75) is 12.6 Å². The monoisotopic (exact) mass is 451 g/mol. The van der Waals surface area contributed by atoms with Gasteiger partial charge < -0.3 is 9.88 Å². The second kappa shape index (κ2) is 8.14. The quantitative estimate of drug-likeness (QED) is 0.298. The van der Waals surface area contributed by atoms with E-state index in [1.165, 1.54) is 27.4 Å². The molecule has 168 valence electrons. The van der Waals surface area contributed by atoms with Gasteiger partial charge in [-0.25, -0.2) is 0 Å². The molecule has 1 aromatic heterocycles. The van der Waals surface area contributed by atoms with Gasteiger partial charge in [0.1, 0.15) is 6.17 Å². The molecule has 35 heavy (non-hydrogen) atoms. The minimum absolute atomic E-state index is 0.132. The topological polar surface area (TPSA) is 29.3 Å². The minimum atomic E-state index is -0.132. The number of aliphatic imine (C=N–C) groups is 1. The van der Waals surface area contributed by atoms with Crippen LogP contribution in [-0.2, 0) is 0 Å². The van der Waals surface area contributed by atoms with Crippen molar-refractivity contribution in [2.24, 2.45) is 10.9 Å². The molecule has 1 aliphatic heterocycles. The van der Waals surface area contributed by atoms with E-state index in [1.54, 1.807) is 0 Å². The van der Waals surface area contributed by atoms with E-state index in [1.807, 2.05) is 0 Å². The summed E-state index contributed by atoms with van der Waals surface area (Å²) >= 11 is 0. The number of rotatable bonds is 3. The second-order valence-corrected chi connectivity index (χ2v) is 9.23. The fourth-order valence-corrected chi connectivity index (χ4v) is 5.49. The molecule has 1 N–H and O–H groups in total. The van der Waals surface area contributed by atoms with E-state index in [0.717, 1.165) is 29.1 Å². The average Bonchev–Trinajstić information content (AvgIpc) is 3.27. The molecule has 4 aromatic carbocycles. The molecule has 0 radical (unpaired) electrons. The summed E-state index contributed by atoms with van der Waals surface area (Å²) in [5, 5.41) is 6.24. The van der Waals surface area contributed by atoms with Crippen LogP contribution in [0.15, 0.2) is 126 Å². The van der Waals surface area contributed by atoms with Crippen molar-refractivity contribution in [1.29, 1.82) is 0 Å². The van der Waals surface area contributed by atoms with Crippen molar-refractivity contribution < 1.29 is 0 Å². The Bertz CT molecular complexity index is 1610. The number of aromatic nitrogens is 1. The van der Waals surface area contributed by atoms with Crippen molar-refractivity contribution in [3.05, 3.63) is 132 Å². The molecular weight excluding hydrogens is 426 g/mol. The lowest BCUT2D eigenvalue weighted by Gasteiger charge is -2.29. The van der Waals surface area contributed by atoms with Crippen LogP contribution in [0, 0.1) is 5.92 Å². The SMILES string of the molecule is C1=CC[C@@H](C2=NC(c3cccc(-n4c5ccccc5c5ccccc54)c3)Nc3ccccc32)C=C1. The fraction of sp³-hybridized carbons (Fsp3) is 0.0938. The molecule has 5 aromatic rings. The first-order valence-corrected chi connectivity index (χ1v) is 12.2. The number of hydrogen-bond acceptors (Lipinski definition) is 2. The number of anilines is 1. The summed E-state index contributed by atoms with van der Waals surface area (Å²) in [7, 11) is 0. The summed E-state index contributed by atoms with van der Waals surface area (Å²) in [6, 6.07) is 34.6. The molecule has 0 bridgehead atoms. The third-order valence-corrected chi connectivity index (χ3v) is 7.12.